The Labute approximate surface area is 64.9 Å². The molecule has 2 rings (SSSR count). The maximum absolute atomic E-state index is 8.81. The summed E-state index contributed by atoms with van der Waals surface area (Å²) >= 11 is 0. The first-order valence-corrected chi connectivity index (χ1v) is 3.46. The zero-order chi connectivity index (χ0) is 7.84. The Hall–Kier alpha value is -1.06. The van der Waals surface area contributed by atoms with Crippen molar-refractivity contribution < 1.29 is 10.0 Å². The van der Waals surface area contributed by atoms with Gasteiger partial charge in [0.25, 0.3) is 0 Å². The number of hydrogen-bond acceptors (Lipinski definition) is 2. The molecule has 1 aromatic carbocycles. The molecule has 0 radical (unpaired) electrons. The summed E-state index contributed by atoms with van der Waals surface area (Å²) in [5, 5.41) is 17.6. The minimum absolute atomic E-state index is 0.612. The summed E-state index contributed by atoms with van der Waals surface area (Å²) in [7, 11) is -1.33. The van der Waals surface area contributed by atoms with E-state index in [2.05, 4.69) is 0 Å². The monoisotopic (exact) mass is 146 g/mol. The van der Waals surface area contributed by atoms with Gasteiger partial charge in [0.1, 0.15) is 0 Å². The topological polar surface area (TPSA) is 40.5 Å². The van der Waals surface area contributed by atoms with Crippen LogP contribution in [-0.4, -0.2) is 17.2 Å². The molecule has 3 heteroatoms. The van der Waals surface area contributed by atoms with Crippen molar-refractivity contribution in [3.05, 3.63) is 35.4 Å². The van der Waals surface area contributed by atoms with Crippen molar-refractivity contribution in [2.75, 3.05) is 0 Å². The Morgan fingerprint density at radius 3 is 2.45 bits per heavy atom. The van der Waals surface area contributed by atoms with Gasteiger partial charge in [0.05, 0.1) is 0 Å². The van der Waals surface area contributed by atoms with E-state index in [9.17, 15) is 0 Å². The smallest absolute Gasteiger partial charge is 0.423 e. The highest BCUT2D eigenvalue weighted by Gasteiger charge is 2.24. The SMILES string of the molecule is OB(O)C1=Cc2ccccc21. The van der Waals surface area contributed by atoms with Gasteiger partial charge in [-0.3, -0.25) is 0 Å². The molecule has 0 aliphatic heterocycles. The van der Waals surface area contributed by atoms with Gasteiger partial charge in [0, 0.05) is 0 Å². The van der Waals surface area contributed by atoms with Crippen LogP contribution >= 0.6 is 0 Å². The molecule has 0 heterocycles. The Bertz CT molecular complexity index is 318. The van der Waals surface area contributed by atoms with Crippen molar-refractivity contribution in [2.45, 2.75) is 0 Å². The van der Waals surface area contributed by atoms with Gasteiger partial charge in [-0.15, -0.1) is 0 Å². The molecule has 0 saturated carbocycles. The lowest BCUT2D eigenvalue weighted by Gasteiger charge is -2.18. The Balaban J connectivity index is 2.38. The normalized spacial score (nSPS) is 13.1. The van der Waals surface area contributed by atoms with Crippen molar-refractivity contribution >= 4 is 18.7 Å². The minimum Gasteiger partial charge on any atom is -0.423 e. The van der Waals surface area contributed by atoms with Crippen molar-refractivity contribution in [1.82, 2.24) is 0 Å². The van der Waals surface area contributed by atoms with E-state index in [1.54, 1.807) is 6.08 Å². The first-order valence-electron chi connectivity index (χ1n) is 3.46. The third kappa shape index (κ3) is 0.896. The molecule has 1 aliphatic carbocycles. The molecule has 2 N–H and O–H groups in total. The molecule has 0 spiro atoms. The molecule has 11 heavy (non-hydrogen) atoms. The standard InChI is InChI=1S/C8H7BO2/c10-9(11)8-5-6-3-1-2-4-7(6)8/h1-5,10-11H. The summed E-state index contributed by atoms with van der Waals surface area (Å²) in [5.74, 6) is 0. The predicted octanol–water partition coefficient (Wildman–Crippen LogP) is 0.553. The van der Waals surface area contributed by atoms with Crippen LogP contribution in [0.3, 0.4) is 0 Å². The molecule has 1 aliphatic rings. The first-order chi connectivity index (χ1) is 5.29. The van der Waals surface area contributed by atoms with Crippen molar-refractivity contribution in [3.63, 3.8) is 0 Å². The highest BCUT2D eigenvalue weighted by molar-refractivity contribution is 6.69. The van der Waals surface area contributed by atoms with E-state index in [0.717, 1.165) is 11.1 Å². The third-order valence-electron chi connectivity index (χ3n) is 1.86. The molecule has 0 bridgehead atoms. The fraction of sp³-hybridized carbons (Fsp3) is 0. The average molecular weight is 146 g/mol. The zero-order valence-corrected chi connectivity index (χ0v) is 5.86. The number of rotatable bonds is 1. The van der Waals surface area contributed by atoms with Gasteiger partial charge in [0.2, 0.25) is 0 Å². The summed E-state index contributed by atoms with van der Waals surface area (Å²) in [6.45, 7) is 0. The van der Waals surface area contributed by atoms with Crippen LogP contribution in [0.15, 0.2) is 24.3 Å². The summed E-state index contributed by atoms with van der Waals surface area (Å²) < 4.78 is 0. The summed E-state index contributed by atoms with van der Waals surface area (Å²) in [4.78, 5) is 0. The molecule has 54 valence electrons. The first kappa shape index (κ1) is 6.64. The summed E-state index contributed by atoms with van der Waals surface area (Å²) in [5.41, 5.74) is 2.64. The van der Waals surface area contributed by atoms with Crippen LogP contribution in [0.2, 0.25) is 0 Å². The highest BCUT2D eigenvalue weighted by Crippen LogP contribution is 2.32. The van der Waals surface area contributed by atoms with Gasteiger partial charge in [0.15, 0.2) is 0 Å². The Morgan fingerprint density at radius 2 is 1.82 bits per heavy atom. The minimum atomic E-state index is -1.33. The quantitative estimate of drug-likeness (QED) is 0.568. The second-order valence-electron chi connectivity index (χ2n) is 2.56. The third-order valence-corrected chi connectivity index (χ3v) is 1.86. The molecular weight excluding hydrogens is 139 g/mol. The van der Waals surface area contributed by atoms with Gasteiger partial charge in [-0.25, -0.2) is 0 Å². The van der Waals surface area contributed by atoms with E-state index in [4.69, 9.17) is 10.0 Å². The summed E-state index contributed by atoms with van der Waals surface area (Å²) in [6, 6.07) is 7.63. The van der Waals surface area contributed by atoms with Crippen LogP contribution in [0.5, 0.6) is 0 Å². The predicted molar refractivity (Wildman–Crippen MR) is 44.5 cm³/mol. The number of benzene rings is 1. The molecular formula is C8H7BO2. The molecule has 1 aromatic rings. The number of fused-ring (bicyclic) bond motifs is 1. The Morgan fingerprint density at radius 1 is 1.09 bits per heavy atom. The lowest BCUT2D eigenvalue weighted by atomic mass is 9.67. The molecule has 2 nitrogen and oxygen atoms in total. The van der Waals surface area contributed by atoms with E-state index in [1.807, 2.05) is 24.3 Å². The molecule has 0 atom stereocenters. The van der Waals surface area contributed by atoms with E-state index < -0.39 is 7.12 Å². The van der Waals surface area contributed by atoms with Crippen LogP contribution < -0.4 is 0 Å². The van der Waals surface area contributed by atoms with Gasteiger partial charge >= 0.3 is 7.12 Å². The average Bonchev–Trinajstić information content (AvgIpc) is 1.90. The second-order valence-corrected chi connectivity index (χ2v) is 2.56. The second kappa shape index (κ2) is 2.22. The van der Waals surface area contributed by atoms with E-state index >= 15 is 0 Å². The maximum atomic E-state index is 8.81. The van der Waals surface area contributed by atoms with E-state index in [0.29, 0.717) is 5.47 Å². The van der Waals surface area contributed by atoms with E-state index in [1.165, 1.54) is 0 Å². The fourth-order valence-electron chi connectivity index (χ4n) is 1.27. The van der Waals surface area contributed by atoms with Crippen LogP contribution in [0, 0.1) is 0 Å². The fourth-order valence-corrected chi connectivity index (χ4v) is 1.27. The highest BCUT2D eigenvalue weighted by atomic mass is 16.4. The van der Waals surface area contributed by atoms with Crippen molar-refractivity contribution in [1.29, 1.82) is 0 Å². The van der Waals surface area contributed by atoms with Crippen LogP contribution in [0.1, 0.15) is 11.1 Å². The van der Waals surface area contributed by atoms with Gasteiger partial charge in [-0.2, -0.15) is 0 Å². The maximum Gasteiger partial charge on any atom is 0.489 e. The van der Waals surface area contributed by atoms with E-state index in [-0.39, 0.29) is 0 Å². The largest absolute Gasteiger partial charge is 0.489 e. The van der Waals surface area contributed by atoms with Crippen LogP contribution in [0.4, 0.5) is 0 Å². The van der Waals surface area contributed by atoms with Gasteiger partial charge < -0.3 is 10.0 Å². The van der Waals surface area contributed by atoms with Gasteiger partial charge in [-0.1, -0.05) is 30.3 Å². The van der Waals surface area contributed by atoms with Crippen molar-refractivity contribution in [2.24, 2.45) is 0 Å². The molecule has 0 fully saturated rings. The molecule has 0 saturated heterocycles. The molecule has 0 unspecified atom stereocenters. The lowest BCUT2D eigenvalue weighted by Crippen LogP contribution is -2.18. The molecule has 0 amide bonds. The van der Waals surface area contributed by atoms with Crippen LogP contribution in [0.25, 0.3) is 11.5 Å². The van der Waals surface area contributed by atoms with Crippen molar-refractivity contribution in [3.8, 4) is 0 Å². The van der Waals surface area contributed by atoms with Crippen LogP contribution in [-0.2, 0) is 0 Å². The molecule has 0 aromatic heterocycles. The lowest BCUT2D eigenvalue weighted by molar-refractivity contribution is 0.427. The number of hydrogen-bond donors (Lipinski definition) is 2. The van der Waals surface area contributed by atoms with Gasteiger partial charge in [-0.05, 0) is 16.6 Å². The summed E-state index contributed by atoms with van der Waals surface area (Å²) in [6.07, 6.45) is 1.78. The Kier molecular flexibility index (Phi) is 1.34. The zero-order valence-electron chi connectivity index (χ0n) is 5.86.